The number of nitrogens with one attached hydrogen (secondary N) is 1. The Morgan fingerprint density at radius 3 is 2.54 bits per heavy atom. The zero-order valence-electron chi connectivity index (χ0n) is 18.0. The molecule has 8 nitrogen and oxygen atoms in total. The maximum absolute atomic E-state index is 12.9. The van der Waals surface area contributed by atoms with Gasteiger partial charge in [0.1, 0.15) is 4.90 Å². The van der Waals surface area contributed by atoms with Crippen LogP contribution in [0.4, 0.5) is 18.9 Å². The molecule has 0 bridgehead atoms. The summed E-state index contributed by atoms with van der Waals surface area (Å²) in [5, 5.41) is 2.38. The van der Waals surface area contributed by atoms with Gasteiger partial charge >= 0.3 is 12.1 Å². The molecule has 0 aliphatic carbocycles. The van der Waals surface area contributed by atoms with Crippen molar-refractivity contribution < 1.29 is 40.7 Å². The van der Waals surface area contributed by atoms with Crippen LogP contribution >= 0.6 is 11.6 Å². The molecule has 1 saturated heterocycles. The number of hydrogen-bond acceptors (Lipinski definition) is 6. The highest BCUT2D eigenvalue weighted by molar-refractivity contribution is 7.89. The number of carbonyl (C=O) groups is 2. The maximum Gasteiger partial charge on any atom is 0.416 e. The van der Waals surface area contributed by atoms with Gasteiger partial charge in [-0.25, -0.2) is 13.2 Å². The van der Waals surface area contributed by atoms with Crippen molar-refractivity contribution in [2.75, 3.05) is 38.2 Å². The number of carbonyl (C=O) groups excluding carboxylic acids is 2. The number of sulfonamides is 1. The summed E-state index contributed by atoms with van der Waals surface area (Å²) in [6.07, 6.45) is -2.51. The van der Waals surface area contributed by atoms with Crippen LogP contribution in [0.25, 0.3) is 6.08 Å². The zero-order valence-corrected chi connectivity index (χ0v) is 19.6. The highest BCUT2D eigenvalue weighted by Crippen LogP contribution is 2.30. The highest BCUT2D eigenvalue weighted by atomic mass is 35.5. The quantitative estimate of drug-likeness (QED) is 0.432. The predicted octanol–water partition coefficient (Wildman–Crippen LogP) is 3.57. The van der Waals surface area contributed by atoms with Crippen molar-refractivity contribution in [3.63, 3.8) is 0 Å². The first-order valence-electron chi connectivity index (χ1n) is 10.2. The Hall–Kier alpha value is -2.93. The van der Waals surface area contributed by atoms with Crippen LogP contribution in [0.2, 0.25) is 5.02 Å². The van der Waals surface area contributed by atoms with Crippen molar-refractivity contribution in [1.82, 2.24) is 4.31 Å². The van der Waals surface area contributed by atoms with Gasteiger partial charge in [0.2, 0.25) is 10.0 Å². The van der Waals surface area contributed by atoms with Crippen LogP contribution in [0.15, 0.2) is 53.4 Å². The number of rotatable bonds is 7. The third kappa shape index (κ3) is 7.28. The largest absolute Gasteiger partial charge is 0.452 e. The number of hydrogen-bond donors (Lipinski definition) is 1. The van der Waals surface area contributed by atoms with Crippen LogP contribution < -0.4 is 5.32 Å². The Morgan fingerprint density at radius 1 is 1.14 bits per heavy atom. The standard InChI is InChI=1S/C22H20ClF3N2O6S/c23-18-6-5-17(13-19(18)35(31,32)28-8-10-33-11-9-28)27-20(29)14-34-21(30)7-4-15-2-1-3-16(12-15)22(24,25)26/h1-7,12-13H,8-11,14H2,(H,27,29)/b7-4+. The molecule has 0 aromatic heterocycles. The van der Waals surface area contributed by atoms with E-state index in [0.717, 1.165) is 24.3 Å². The second-order valence-electron chi connectivity index (χ2n) is 7.27. The number of esters is 1. The lowest BCUT2D eigenvalue weighted by molar-refractivity contribution is -0.142. The van der Waals surface area contributed by atoms with E-state index in [1.54, 1.807) is 0 Å². The molecule has 0 atom stereocenters. The van der Waals surface area contributed by atoms with Gasteiger partial charge in [-0.3, -0.25) is 4.79 Å². The summed E-state index contributed by atoms with van der Waals surface area (Å²) in [5.41, 5.74) is -0.636. The second-order valence-corrected chi connectivity index (χ2v) is 9.59. The smallest absolute Gasteiger partial charge is 0.416 e. The lowest BCUT2D eigenvalue weighted by atomic mass is 10.1. The minimum absolute atomic E-state index is 0.0272. The number of halogens is 4. The number of amides is 1. The van der Waals surface area contributed by atoms with Gasteiger partial charge in [-0.2, -0.15) is 17.5 Å². The van der Waals surface area contributed by atoms with Crippen LogP contribution in [0.5, 0.6) is 0 Å². The van der Waals surface area contributed by atoms with E-state index in [-0.39, 0.29) is 47.5 Å². The maximum atomic E-state index is 12.9. The summed E-state index contributed by atoms with van der Waals surface area (Å²) in [4.78, 5) is 23.8. The van der Waals surface area contributed by atoms with Crippen molar-refractivity contribution in [3.8, 4) is 0 Å². The molecule has 0 saturated carbocycles. The first-order valence-corrected chi connectivity index (χ1v) is 12.0. The molecule has 1 N–H and O–H groups in total. The molecule has 0 spiro atoms. The average Bonchev–Trinajstić information content (AvgIpc) is 2.82. The molecule has 1 fully saturated rings. The number of morpholine rings is 1. The summed E-state index contributed by atoms with van der Waals surface area (Å²) in [6, 6.07) is 8.21. The third-order valence-corrected chi connectivity index (χ3v) is 7.15. The van der Waals surface area contributed by atoms with Crippen LogP contribution in [0.3, 0.4) is 0 Å². The lowest BCUT2D eigenvalue weighted by Crippen LogP contribution is -2.40. The minimum Gasteiger partial charge on any atom is -0.452 e. The van der Waals surface area contributed by atoms with Crippen LogP contribution in [-0.4, -0.2) is 57.5 Å². The first-order chi connectivity index (χ1) is 16.5. The fraction of sp³-hybridized carbons (Fsp3) is 0.273. The number of alkyl halides is 3. The molecule has 2 aromatic rings. The van der Waals surface area contributed by atoms with Crippen LogP contribution in [0.1, 0.15) is 11.1 Å². The van der Waals surface area contributed by atoms with Crippen molar-refractivity contribution in [1.29, 1.82) is 0 Å². The van der Waals surface area contributed by atoms with Crippen molar-refractivity contribution >= 4 is 45.3 Å². The molecule has 13 heteroatoms. The fourth-order valence-corrected chi connectivity index (χ4v) is 4.98. The monoisotopic (exact) mass is 532 g/mol. The van der Waals surface area contributed by atoms with Crippen molar-refractivity contribution in [2.45, 2.75) is 11.1 Å². The molecule has 188 valence electrons. The number of ether oxygens (including phenoxy) is 2. The fourth-order valence-electron chi connectivity index (χ4n) is 3.07. The molecule has 1 heterocycles. The van der Waals surface area contributed by atoms with E-state index in [1.807, 2.05) is 0 Å². The summed E-state index contributed by atoms with van der Waals surface area (Å²) < 4.78 is 75.1. The summed E-state index contributed by atoms with van der Waals surface area (Å²) in [5.74, 6) is -1.72. The van der Waals surface area contributed by atoms with E-state index >= 15 is 0 Å². The van der Waals surface area contributed by atoms with Gasteiger partial charge in [-0.15, -0.1) is 0 Å². The van der Waals surface area contributed by atoms with E-state index in [4.69, 9.17) is 21.1 Å². The van der Waals surface area contributed by atoms with Gasteiger partial charge < -0.3 is 14.8 Å². The normalized spacial score (nSPS) is 15.2. The molecular weight excluding hydrogens is 513 g/mol. The van der Waals surface area contributed by atoms with Gasteiger partial charge in [0, 0.05) is 24.9 Å². The van der Waals surface area contributed by atoms with Crippen molar-refractivity contribution in [2.24, 2.45) is 0 Å². The Morgan fingerprint density at radius 2 is 1.86 bits per heavy atom. The van der Waals surface area contributed by atoms with E-state index in [9.17, 15) is 31.2 Å². The summed E-state index contributed by atoms with van der Waals surface area (Å²) in [6.45, 7) is 0.125. The Kier molecular flexibility index (Phi) is 8.54. The number of nitrogens with zero attached hydrogens (tertiary/aromatic N) is 1. The zero-order chi connectivity index (χ0) is 25.6. The molecule has 1 amide bonds. The van der Waals surface area contributed by atoms with Crippen molar-refractivity contribution in [3.05, 3.63) is 64.7 Å². The van der Waals surface area contributed by atoms with E-state index < -0.39 is 40.2 Å². The van der Waals surface area contributed by atoms with Crippen LogP contribution in [0, 0.1) is 0 Å². The minimum atomic E-state index is -4.52. The molecule has 1 aliphatic heterocycles. The number of anilines is 1. The molecule has 35 heavy (non-hydrogen) atoms. The number of benzene rings is 2. The van der Waals surface area contributed by atoms with Gasteiger partial charge in [-0.1, -0.05) is 23.7 Å². The summed E-state index contributed by atoms with van der Waals surface area (Å²) in [7, 11) is -3.92. The Labute approximate surface area is 204 Å². The van der Waals surface area contributed by atoms with Gasteiger partial charge in [0.05, 0.1) is 23.8 Å². The van der Waals surface area contributed by atoms with E-state index in [0.29, 0.717) is 0 Å². The van der Waals surface area contributed by atoms with E-state index in [1.165, 1.54) is 34.6 Å². The SMILES string of the molecule is O=C(COC(=O)/C=C/c1cccc(C(F)(F)F)c1)Nc1ccc(Cl)c(S(=O)(=O)N2CCOCC2)c1. The van der Waals surface area contributed by atoms with Gasteiger partial charge in [-0.05, 0) is 42.0 Å². The summed E-state index contributed by atoms with van der Waals surface area (Å²) >= 11 is 6.07. The Bertz CT molecular complexity index is 1230. The third-order valence-electron chi connectivity index (χ3n) is 4.77. The average molecular weight is 533 g/mol. The van der Waals surface area contributed by atoms with Crippen LogP contribution in [-0.2, 0) is 35.3 Å². The first kappa shape index (κ1) is 26.7. The highest BCUT2D eigenvalue weighted by Gasteiger charge is 2.30. The predicted molar refractivity (Wildman–Crippen MR) is 121 cm³/mol. The topological polar surface area (TPSA) is 102 Å². The molecular formula is C22H20ClF3N2O6S. The van der Waals surface area contributed by atoms with Gasteiger partial charge in [0.25, 0.3) is 5.91 Å². The second kappa shape index (κ2) is 11.2. The molecule has 0 radical (unpaired) electrons. The molecule has 2 aromatic carbocycles. The molecule has 0 unspecified atom stereocenters. The molecule has 1 aliphatic rings. The molecule has 3 rings (SSSR count). The Balaban J connectivity index is 1.58. The van der Waals surface area contributed by atoms with Gasteiger partial charge in [0.15, 0.2) is 6.61 Å². The lowest BCUT2D eigenvalue weighted by Gasteiger charge is -2.26. The van der Waals surface area contributed by atoms with E-state index in [2.05, 4.69) is 5.32 Å².